The van der Waals surface area contributed by atoms with Crippen LogP contribution in [0.2, 0.25) is 0 Å². The number of nitrogens with zero attached hydrogens (tertiary/aromatic N) is 2. The highest BCUT2D eigenvalue weighted by Gasteiger charge is 2.14. The third kappa shape index (κ3) is 2.15. The Bertz CT molecular complexity index is 297. The van der Waals surface area contributed by atoms with Crippen LogP contribution in [-0.2, 0) is 13.5 Å². The average molecular weight is 193 g/mol. The Kier molecular flexibility index (Phi) is 2.87. The average Bonchev–Trinajstić information content (AvgIpc) is 2.72. The number of aryl methyl sites for hydroxylation is 3. The predicted octanol–water partition coefficient (Wildman–Crippen LogP) is 1.41. The second-order valence-electron chi connectivity index (χ2n) is 4.25. The van der Waals surface area contributed by atoms with Crippen LogP contribution in [0, 0.1) is 6.92 Å². The van der Waals surface area contributed by atoms with Crippen LogP contribution in [0.5, 0.6) is 0 Å². The molecule has 0 amide bonds. The van der Waals surface area contributed by atoms with Crippen molar-refractivity contribution in [2.45, 2.75) is 38.6 Å². The zero-order valence-corrected chi connectivity index (χ0v) is 9.08. The quantitative estimate of drug-likeness (QED) is 0.786. The van der Waals surface area contributed by atoms with E-state index in [9.17, 15) is 0 Å². The third-order valence-electron chi connectivity index (χ3n) is 3.04. The van der Waals surface area contributed by atoms with Crippen LogP contribution in [0.4, 0.5) is 0 Å². The molecule has 1 aromatic rings. The molecular weight excluding hydrogens is 174 g/mol. The summed E-state index contributed by atoms with van der Waals surface area (Å²) < 4.78 is 1.91. The Hall–Kier alpha value is -0.830. The molecule has 2 heterocycles. The maximum atomic E-state index is 4.35. The van der Waals surface area contributed by atoms with Gasteiger partial charge in [0, 0.05) is 19.3 Å². The van der Waals surface area contributed by atoms with Crippen LogP contribution in [0.1, 0.15) is 30.5 Å². The van der Waals surface area contributed by atoms with Gasteiger partial charge in [0.2, 0.25) is 0 Å². The highest BCUT2D eigenvalue weighted by molar-refractivity contribution is 5.15. The van der Waals surface area contributed by atoms with E-state index >= 15 is 0 Å². The van der Waals surface area contributed by atoms with Crippen molar-refractivity contribution in [3.63, 3.8) is 0 Å². The van der Waals surface area contributed by atoms with Gasteiger partial charge in [-0.25, -0.2) is 0 Å². The van der Waals surface area contributed by atoms with Gasteiger partial charge in [-0.2, -0.15) is 5.10 Å². The van der Waals surface area contributed by atoms with Crippen molar-refractivity contribution in [3.05, 3.63) is 17.5 Å². The molecule has 0 spiro atoms. The Morgan fingerprint density at radius 3 is 3.07 bits per heavy atom. The number of nitrogens with one attached hydrogen (secondary N) is 1. The van der Waals surface area contributed by atoms with Gasteiger partial charge in [-0.3, -0.25) is 4.68 Å². The number of rotatable bonds is 3. The first-order chi connectivity index (χ1) is 6.75. The number of aromatic nitrogens is 2. The molecule has 0 aliphatic carbocycles. The van der Waals surface area contributed by atoms with E-state index in [0.717, 1.165) is 12.5 Å². The molecule has 14 heavy (non-hydrogen) atoms. The van der Waals surface area contributed by atoms with E-state index < -0.39 is 0 Å². The fourth-order valence-corrected chi connectivity index (χ4v) is 2.23. The largest absolute Gasteiger partial charge is 0.314 e. The van der Waals surface area contributed by atoms with E-state index in [0.29, 0.717) is 0 Å². The molecule has 1 unspecified atom stereocenters. The van der Waals surface area contributed by atoms with E-state index in [1.807, 2.05) is 11.7 Å². The standard InChI is InChI=1S/C11H19N3/c1-9-10(8-14(2)13-9)5-6-11-4-3-7-12-11/h8,11-12H,3-7H2,1-2H3. The summed E-state index contributed by atoms with van der Waals surface area (Å²) in [5.74, 6) is 0. The minimum Gasteiger partial charge on any atom is -0.314 e. The highest BCUT2D eigenvalue weighted by Crippen LogP contribution is 2.14. The first kappa shape index (κ1) is 9.71. The normalized spacial score (nSPS) is 21.7. The molecule has 1 fully saturated rings. The van der Waals surface area contributed by atoms with Gasteiger partial charge in [-0.05, 0) is 44.7 Å². The van der Waals surface area contributed by atoms with Crippen LogP contribution in [-0.4, -0.2) is 22.4 Å². The molecule has 1 saturated heterocycles. The second kappa shape index (κ2) is 4.13. The molecule has 1 atom stereocenters. The van der Waals surface area contributed by atoms with Gasteiger partial charge in [0.05, 0.1) is 5.69 Å². The Morgan fingerprint density at radius 1 is 1.64 bits per heavy atom. The summed E-state index contributed by atoms with van der Waals surface area (Å²) in [7, 11) is 1.99. The minimum absolute atomic E-state index is 0.745. The lowest BCUT2D eigenvalue weighted by molar-refractivity contribution is 0.558. The first-order valence-electron chi connectivity index (χ1n) is 5.48. The summed E-state index contributed by atoms with van der Waals surface area (Å²) in [6, 6.07) is 0.745. The molecule has 0 bridgehead atoms. The summed E-state index contributed by atoms with van der Waals surface area (Å²) in [5, 5.41) is 7.88. The van der Waals surface area contributed by atoms with E-state index in [-0.39, 0.29) is 0 Å². The lowest BCUT2D eigenvalue weighted by Gasteiger charge is -2.08. The summed E-state index contributed by atoms with van der Waals surface area (Å²) in [4.78, 5) is 0. The molecule has 3 nitrogen and oxygen atoms in total. The van der Waals surface area contributed by atoms with Gasteiger partial charge in [0.1, 0.15) is 0 Å². The van der Waals surface area contributed by atoms with E-state index in [4.69, 9.17) is 0 Å². The molecule has 1 N–H and O–H groups in total. The third-order valence-corrected chi connectivity index (χ3v) is 3.04. The molecule has 3 heteroatoms. The van der Waals surface area contributed by atoms with Crippen molar-refractivity contribution < 1.29 is 0 Å². The number of hydrogen-bond acceptors (Lipinski definition) is 2. The molecular formula is C11H19N3. The zero-order valence-electron chi connectivity index (χ0n) is 9.08. The summed E-state index contributed by atoms with van der Waals surface area (Å²) in [6.07, 6.45) is 7.25. The van der Waals surface area contributed by atoms with Crippen LogP contribution < -0.4 is 5.32 Å². The minimum atomic E-state index is 0.745. The Morgan fingerprint density at radius 2 is 2.50 bits per heavy atom. The van der Waals surface area contributed by atoms with E-state index in [1.54, 1.807) is 0 Å². The summed E-state index contributed by atoms with van der Waals surface area (Å²) >= 11 is 0. The molecule has 1 aliphatic heterocycles. The molecule has 2 rings (SSSR count). The highest BCUT2D eigenvalue weighted by atomic mass is 15.2. The van der Waals surface area contributed by atoms with Crippen LogP contribution in [0.25, 0.3) is 0 Å². The molecule has 0 saturated carbocycles. The van der Waals surface area contributed by atoms with Crippen LogP contribution in [0.3, 0.4) is 0 Å². The SMILES string of the molecule is Cc1nn(C)cc1CCC1CCCN1. The van der Waals surface area contributed by atoms with Crippen molar-refractivity contribution in [2.24, 2.45) is 7.05 Å². The lowest BCUT2D eigenvalue weighted by atomic mass is 10.1. The van der Waals surface area contributed by atoms with Gasteiger partial charge in [0.15, 0.2) is 0 Å². The maximum absolute atomic E-state index is 4.35. The monoisotopic (exact) mass is 193 g/mol. The predicted molar refractivity (Wildman–Crippen MR) is 57.3 cm³/mol. The number of hydrogen-bond donors (Lipinski definition) is 1. The first-order valence-corrected chi connectivity index (χ1v) is 5.48. The smallest absolute Gasteiger partial charge is 0.0625 e. The van der Waals surface area contributed by atoms with Gasteiger partial charge < -0.3 is 5.32 Å². The molecule has 1 aromatic heterocycles. The van der Waals surface area contributed by atoms with Crippen LogP contribution >= 0.6 is 0 Å². The van der Waals surface area contributed by atoms with Gasteiger partial charge in [0.25, 0.3) is 0 Å². The molecule has 78 valence electrons. The Balaban J connectivity index is 1.87. The second-order valence-corrected chi connectivity index (χ2v) is 4.25. The fraction of sp³-hybridized carbons (Fsp3) is 0.727. The molecule has 0 radical (unpaired) electrons. The Labute approximate surface area is 85.5 Å². The topological polar surface area (TPSA) is 29.9 Å². The van der Waals surface area contributed by atoms with Gasteiger partial charge >= 0.3 is 0 Å². The lowest BCUT2D eigenvalue weighted by Crippen LogP contribution is -2.21. The summed E-state index contributed by atoms with van der Waals surface area (Å²) in [5.41, 5.74) is 2.59. The van der Waals surface area contributed by atoms with E-state index in [2.05, 4.69) is 23.5 Å². The van der Waals surface area contributed by atoms with Crippen molar-refractivity contribution in [1.82, 2.24) is 15.1 Å². The zero-order chi connectivity index (χ0) is 9.97. The fourth-order valence-electron chi connectivity index (χ4n) is 2.23. The van der Waals surface area contributed by atoms with Gasteiger partial charge in [-0.1, -0.05) is 0 Å². The van der Waals surface area contributed by atoms with Crippen LogP contribution in [0.15, 0.2) is 6.20 Å². The summed E-state index contributed by atoms with van der Waals surface area (Å²) in [6.45, 7) is 3.30. The maximum Gasteiger partial charge on any atom is 0.0625 e. The molecule has 0 aromatic carbocycles. The van der Waals surface area contributed by atoms with Crippen molar-refractivity contribution in [2.75, 3.05) is 6.54 Å². The van der Waals surface area contributed by atoms with Crippen molar-refractivity contribution in [3.8, 4) is 0 Å². The van der Waals surface area contributed by atoms with E-state index in [1.165, 1.54) is 37.1 Å². The van der Waals surface area contributed by atoms with Crippen molar-refractivity contribution >= 4 is 0 Å². The van der Waals surface area contributed by atoms with Gasteiger partial charge in [-0.15, -0.1) is 0 Å². The van der Waals surface area contributed by atoms with Crippen molar-refractivity contribution in [1.29, 1.82) is 0 Å². The molecule has 1 aliphatic rings.